The molecule has 1 saturated carbocycles. The molecule has 0 unspecified atom stereocenters. The van der Waals surface area contributed by atoms with Crippen molar-refractivity contribution < 1.29 is 9.53 Å². The lowest BCUT2D eigenvalue weighted by Crippen LogP contribution is -2.40. The largest absolute Gasteiger partial charge is 0.379 e. The normalized spacial score (nSPS) is 15.1. The third kappa shape index (κ3) is 4.51. The van der Waals surface area contributed by atoms with E-state index in [-0.39, 0.29) is 6.03 Å². The van der Waals surface area contributed by atoms with Crippen LogP contribution in [0.5, 0.6) is 0 Å². The van der Waals surface area contributed by atoms with E-state index < -0.39 is 0 Å². The molecule has 88 valence electrons. The fraction of sp³-hybridized carbons (Fsp3) is 0.909. The fourth-order valence-electron chi connectivity index (χ4n) is 1.26. The second kappa shape index (κ2) is 5.95. The van der Waals surface area contributed by atoms with Crippen molar-refractivity contribution in [1.82, 2.24) is 9.80 Å². The zero-order valence-electron chi connectivity index (χ0n) is 10.0. The van der Waals surface area contributed by atoms with E-state index in [9.17, 15) is 4.79 Å². The van der Waals surface area contributed by atoms with Gasteiger partial charge in [0.25, 0.3) is 0 Å². The number of amides is 2. The summed E-state index contributed by atoms with van der Waals surface area (Å²) < 4.78 is 5.48. The molecule has 0 spiro atoms. The SMILES string of the molecule is CCN(C)C(=O)N(C)CCOCC1CC1. The molecule has 0 aromatic carbocycles. The van der Waals surface area contributed by atoms with Crippen molar-refractivity contribution in [2.24, 2.45) is 5.92 Å². The highest BCUT2D eigenvalue weighted by Crippen LogP contribution is 2.28. The highest BCUT2D eigenvalue weighted by Gasteiger charge is 2.21. The Bertz CT molecular complexity index is 205. The molecule has 0 saturated heterocycles. The van der Waals surface area contributed by atoms with Gasteiger partial charge in [-0.2, -0.15) is 0 Å². The van der Waals surface area contributed by atoms with E-state index in [1.807, 2.05) is 21.0 Å². The van der Waals surface area contributed by atoms with Crippen LogP contribution < -0.4 is 0 Å². The monoisotopic (exact) mass is 214 g/mol. The fourth-order valence-corrected chi connectivity index (χ4v) is 1.26. The highest BCUT2D eigenvalue weighted by molar-refractivity contribution is 5.73. The maximum Gasteiger partial charge on any atom is 0.319 e. The second-order valence-electron chi connectivity index (χ2n) is 4.24. The molecule has 4 heteroatoms. The number of nitrogens with zero attached hydrogens (tertiary/aromatic N) is 2. The number of rotatable bonds is 6. The summed E-state index contributed by atoms with van der Waals surface area (Å²) in [6.07, 6.45) is 2.63. The van der Waals surface area contributed by atoms with Crippen molar-refractivity contribution in [2.75, 3.05) is 40.4 Å². The summed E-state index contributed by atoms with van der Waals surface area (Å²) in [5, 5.41) is 0. The smallest absolute Gasteiger partial charge is 0.319 e. The van der Waals surface area contributed by atoms with E-state index in [0.29, 0.717) is 13.2 Å². The van der Waals surface area contributed by atoms with Gasteiger partial charge in [-0.3, -0.25) is 0 Å². The van der Waals surface area contributed by atoms with E-state index in [1.54, 1.807) is 9.80 Å². The summed E-state index contributed by atoms with van der Waals surface area (Å²) in [6.45, 7) is 4.90. The molecular formula is C11H22N2O2. The molecule has 15 heavy (non-hydrogen) atoms. The molecule has 0 heterocycles. The molecule has 0 radical (unpaired) electrons. The highest BCUT2D eigenvalue weighted by atomic mass is 16.5. The first-order chi connectivity index (χ1) is 7.15. The van der Waals surface area contributed by atoms with Gasteiger partial charge in [0.15, 0.2) is 0 Å². The number of carbonyl (C=O) groups excluding carboxylic acids is 1. The lowest BCUT2D eigenvalue weighted by atomic mass is 10.5. The minimum atomic E-state index is 0.0625. The van der Waals surface area contributed by atoms with Crippen molar-refractivity contribution in [3.63, 3.8) is 0 Å². The van der Waals surface area contributed by atoms with Crippen molar-refractivity contribution in [3.8, 4) is 0 Å². The van der Waals surface area contributed by atoms with E-state index in [2.05, 4.69) is 0 Å². The molecule has 1 aliphatic rings. The maximum absolute atomic E-state index is 11.6. The van der Waals surface area contributed by atoms with E-state index in [1.165, 1.54) is 12.8 Å². The molecule has 1 aliphatic carbocycles. The Balaban J connectivity index is 2.05. The third-order valence-corrected chi connectivity index (χ3v) is 2.75. The molecule has 4 nitrogen and oxygen atoms in total. The predicted molar refractivity (Wildman–Crippen MR) is 59.9 cm³/mol. The summed E-state index contributed by atoms with van der Waals surface area (Å²) in [5.74, 6) is 0.796. The zero-order valence-corrected chi connectivity index (χ0v) is 10.0. The Morgan fingerprint density at radius 1 is 1.33 bits per heavy atom. The van der Waals surface area contributed by atoms with Crippen LogP contribution in [-0.4, -0.2) is 56.2 Å². The van der Waals surface area contributed by atoms with Gasteiger partial charge in [-0.1, -0.05) is 0 Å². The third-order valence-electron chi connectivity index (χ3n) is 2.75. The summed E-state index contributed by atoms with van der Waals surface area (Å²) in [7, 11) is 3.62. The van der Waals surface area contributed by atoms with Crippen molar-refractivity contribution in [2.45, 2.75) is 19.8 Å². The standard InChI is InChI=1S/C11H22N2O2/c1-4-12(2)11(14)13(3)7-8-15-9-10-5-6-10/h10H,4-9H2,1-3H3. The van der Waals surface area contributed by atoms with Crippen molar-refractivity contribution in [3.05, 3.63) is 0 Å². The zero-order chi connectivity index (χ0) is 11.3. The first kappa shape index (κ1) is 12.3. The first-order valence-corrected chi connectivity index (χ1v) is 5.69. The minimum Gasteiger partial charge on any atom is -0.379 e. The van der Waals surface area contributed by atoms with Crippen LogP contribution in [0.4, 0.5) is 4.79 Å². The first-order valence-electron chi connectivity index (χ1n) is 5.69. The molecule has 0 atom stereocenters. The van der Waals surface area contributed by atoms with Crippen molar-refractivity contribution in [1.29, 1.82) is 0 Å². The van der Waals surface area contributed by atoms with Crippen LogP contribution in [0.1, 0.15) is 19.8 Å². The Labute approximate surface area is 92.2 Å². The summed E-state index contributed by atoms with van der Waals surface area (Å²) in [6, 6.07) is 0.0625. The molecule has 1 rings (SSSR count). The molecule has 2 amide bonds. The number of hydrogen-bond donors (Lipinski definition) is 0. The summed E-state index contributed by atoms with van der Waals surface area (Å²) in [5.41, 5.74) is 0. The average molecular weight is 214 g/mol. The Morgan fingerprint density at radius 3 is 2.53 bits per heavy atom. The average Bonchev–Trinajstić information content (AvgIpc) is 3.05. The minimum absolute atomic E-state index is 0.0625. The topological polar surface area (TPSA) is 32.8 Å². The quantitative estimate of drug-likeness (QED) is 0.626. The molecule has 0 aliphatic heterocycles. The molecule has 1 fully saturated rings. The predicted octanol–water partition coefficient (Wildman–Crippen LogP) is 1.42. The van der Waals surface area contributed by atoms with Gasteiger partial charge in [-0.15, -0.1) is 0 Å². The van der Waals surface area contributed by atoms with E-state index in [0.717, 1.165) is 19.1 Å². The van der Waals surface area contributed by atoms with Crippen LogP contribution in [-0.2, 0) is 4.74 Å². The molecule has 0 aromatic rings. The van der Waals surface area contributed by atoms with Crippen LogP contribution in [0, 0.1) is 5.92 Å². The van der Waals surface area contributed by atoms with Crippen LogP contribution in [0.2, 0.25) is 0 Å². The van der Waals surface area contributed by atoms with Crippen LogP contribution in [0.15, 0.2) is 0 Å². The van der Waals surface area contributed by atoms with Gasteiger partial charge in [-0.25, -0.2) is 4.79 Å². The molecule has 0 N–H and O–H groups in total. The Kier molecular flexibility index (Phi) is 4.88. The van der Waals surface area contributed by atoms with Crippen LogP contribution in [0.3, 0.4) is 0 Å². The van der Waals surface area contributed by atoms with Crippen LogP contribution in [0.25, 0.3) is 0 Å². The van der Waals surface area contributed by atoms with E-state index in [4.69, 9.17) is 4.74 Å². The van der Waals surface area contributed by atoms with Crippen LogP contribution >= 0.6 is 0 Å². The Hall–Kier alpha value is -0.770. The number of urea groups is 1. The number of likely N-dealkylation sites (N-methyl/N-ethyl adjacent to an activating group) is 1. The lowest BCUT2D eigenvalue weighted by molar-refractivity contribution is 0.102. The van der Waals surface area contributed by atoms with Gasteiger partial charge in [0.2, 0.25) is 0 Å². The second-order valence-corrected chi connectivity index (χ2v) is 4.24. The van der Waals surface area contributed by atoms with Gasteiger partial charge < -0.3 is 14.5 Å². The van der Waals surface area contributed by atoms with Gasteiger partial charge in [0.1, 0.15) is 0 Å². The van der Waals surface area contributed by atoms with E-state index >= 15 is 0 Å². The lowest BCUT2D eigenvalue weighted by Gasteiger charge is -2.23. The number of carbonyl (C=O) groups is 1. The molecular weight excluding hydrogens is 192 g/mol. The van der Waals surface area contributed by atoms with Gasteiger partial charge in [-0.05, 0) is 25.7 Å². The molecule has 0 bridgehead atoms. The summed E-state index contributed by atoms with van der Waals surface area (Å²) in [4.78, 5) is 15.0. The number of ether oxygens (including phenoxy) is 1. The van der Waals surface area contributed by atoms with Gasteiger partial charge >= 0.3 is 6.03 Å². The van der Waals surface area contributed by atoms with Crippen molar-refractivity contribution >= 4 is 6.03 Å². The van der Waals surface area contributed by atoms with Gasteiger partial charge in [0.05, 0.1) is 6.61 Å². The molecule has 0 aromatic heterocycles. The number of hydrogen-bond acceptors (Lipinski definition) is 2. The summed E-state index contributed by atoms with van der Waals surface area (Å²) >= 11 is 0. The Morgan fingerprint density at radius 2 is 2.00 bits per heavy atom. The van der Waals surface area contributed by atoms with Gasteiger partial charge in [0, 0.05) is 33.8 Å². The maximum atomic E-state index is 11.6.